The second-order valence-corrected chi connectivity index (χ2v) is 7.75. The summed E-state index contributed by atoms with van der Waals surface area (Å²) in [6, 6.07) is 13.2. The van der Waals surface area contributed by atoms with Crippen LogP contribution in [-0.2, 0) is 11.3 Å². The van der Waals surface area contributed by atoms with Crippen molar-refractivity contribution >= 4 is 29.2 Å². The lowest BCUT2D eigenvalue weighted by Gasteiger charge is -2.32. The molecular formula is C22H25ClFN3O2. The van der Waals surface area contributed by atoms with Crippen LogP contribution >= 0.6 is 11.6 Å². The van der Waals surface area contributed by atoms with E-state index in [-0.39, 0.29) is 23.5 Å². The Morgan fingerprint density at radius 2 is 2.00 bits per heavy atom. The molecule has 3 amide bonds. The van der Waals surface area contributed by atoms with Crippen LogP contribution in [0, 0.1) is 11.7 Å². The van der Waals surface area contributed by atoms with Crippen LogP contribution in [0.5, 0.6) is 0 Å². The van der Waals surface area contributed by atoms with Gasteiger partial charge in [0.2, 0.25) is 5.91 Å². The van der Waals surface area contributed by atoms with E-state index in [1.54, 1.807) is 29.2 Å². The zero-order chi connectivity index (χ0) is 20.6. The van der Waals surface area contributed by atoms with Crippen molar-refractivity contribution in [3.63, 3.8) is 0 Å². The van der Waals surface area contributed by atoms with Gasteiger partial charge in [-0.05, 0) is 55.0 Å². The quantitative estimate of drug-likeness (QED) is 0.707. The van der Waals surface area contributed by atoms with Crippen molar-refractivity contribution in [3.8, 4) is 0 Å². The number of halogens is 2. The lowest BCUT2D eigenvalue weighted by atomic mass is 9.93. The van der Waals surface area contributed by atoms with E-state index < -0.39 is 5.82 Å². The zero-order valence-electron chi connectivity index (χ0n) is 16.2. The molecule has 7 heteroatoms. The van der Waals surface area contributed by atoms with Crippen molar-refractivity contribution in [3.05, 3.63) is 64.9 Å². The van der Waals surface area contributed by atoms with Gasteiger partial charge in [-0.15, -0.1) is 0 Å². The van der Waals surface area contributed by atoms with Crippen molar-refractivity contribution in [1.29, 1.82) is 0 Å². The lowest BCUT2D eigenvalue weighted by Crippen LogP contribution is -2.42. The van der Waals surface area contributed by atoms with Crippen LogP contribution in [0.4, 0.5) is 14.9 Å². The number of rotatable bonds is 6. The summed E-state index contributed by atoms with van der Waals surface area (Å²) in [6.45, 7) is 1.65. The van der Waals surface area contributed by atoms with Crippen molar-refractivity contribution in [2.75, 3.05) is 18.4 Å². The first-order valence-corrected chi connectivity index (χ1v) is 10.2. The number of anilines is 1. The Labute approximate surface area is 175 Å². The second kappa shape index (κ2) is 10.3. The molecule has 0 radical (unpaired) electrons. The van der Waals surface area contributed by atoms with Crippen LogP contribution in [0.15, 0.2) is 48.5 Å². The average molecular weight is 418 g/mol. The van der Waals surface area contributed by atoms with Crippen molar-refractivity contribution in [1.82, 2.24) is 10.2 Å². The molecule has 3 rings (SSSR count). The largest absolute Gasteiger partial charge is 0.352 e. The zero-order valence-corrected chi connectivity index (χ0v) is 16.9. The van der Waals surface area contributed by atoms with Crippen molar-refractivity contribution in [2.24, 2.45) is 5.92 Å². The maximum absolute atomic E-state index is 13.7. The molecule has 2 N–H and O–H groups in total. The molecule has 0 unspecified atom stereocenters. The summed E-state index contributed by atoms with van der Waals surface area (Å²) in [7, 11) is 0. The monoisotopic (exact) mass is 417 g/mol. The van der Waals surface area contributed by atoms with Gasteiger partial charge >= 0.3 is 6.03 Å². The molecule has 2 aromatic carbocycles. The first-order valence-electron chi connectivity index (χ1n) is 9.83. The summed E-state index contributed by atoms with van der Waals surface area (Å²) in [5.41, 5.74) is 1.14. The lowest BCUT2D eigenvalue weighted by molar-refractivity contribution is -0.121. The number of hydrogen-bond donors (Lipinski definition) is 2. The number of urea groups is 1. The van der Waals surface area contributed by atoms with E-state index in [9.17, 15) is 14.0 Å². The SMILES string of the molecule is O=C(CC[C@@H]1CCCN(C(=O)Nc2ccccc2F)C1)NCc1cccc(Cl)c1. The van der Waals surface area contributed by atoms with Gasteiger partial charge in [0.1, 0.15) is 5.82 Å². The molecule has 29 heavy (non-hydrogen) atoms. The van der Waals surface area contributed by atoms with E-state index in [2.05, 4.69) is 10.6 Å². The van der Waals surface area contributed by atoms with Crippen molar-refractivity contribution < 1.29 is 14.0 Å². The maximum atomic E-state index is 13.7. The fourth-order valence-electron chi connectivity index (χ4n) is 3.51. The van der Waals surface area contributed by atoms with Gasteiger partial charge in [0, 0.05) is 31.1 Å². The van der Waals surface area contributed by atoms with Gasteiger partial charge in [-0.3, -0.25) is 4.79 Å². The molecule has 5 nitrogen and oxygen atoms in total. The number of para-hydroxylation sites is 1. The average Bonchev–Trinajstić information content (AvgIpc) is 2.72. The van der Waals surface area contributed by atoms with Crippen molar-refractivity contribution in [2.45, 2.75) is 32.2 Å². The first-order chi connectivity index (χ1) is 14.0. The third-order valence-electron chi connectivity index (χ3n) is 5.08. The van der Waals surface area contributed by atoms with Gasteiger partial charge in [0.25, 0.3) is 0 Å². The summed E-state index contributed by atoms with van der Waals surface area (Å²) >= 11 is 5.95. The Balaban J connectivity index is 1.42. The minimum absolute atomic E-state index is 0.0158. The molecule has 154 valence electrons. The fraction of sp³-hybridized carbons (Fsp3) is 0.364. The topological polar surface area (TPSA) is 61.4 Å². The van der Waals surface area contributed by atoms with E-state index in [0.717, 1.165) is 18.4 Å². The van der Waals surface area contributed by atoms with Gasteiger partial charge in [0.05, 0.1) is 5.69 Å². The van der Waals surface area contributed by atoms with Crippen LogP contribution in [0.25, 0.3) is 0 Å². The van der Waals surface area contributed by atoms with Gasteiger partial charge in [-0.25, -0.2) is 9.18 Å². The molecule has 1 atom stereocenters. The van der Waals surface area contributed by atoms with Gasteiger partial charge in [-0.2, -0.15) is 0 Å². The highest BCUT2D eigenvalue weighted by molar-refractivity contribution is 6.30. The number of benzene rings is 2. The minimum atomic E-state index is -0.453. The van der Waals surface area contributed by atoms with E-state index in [0.29, 0.717) is 37.5 Å². The highest BCUT2D eigenvalue weighted by atomic mass is 35.5. The number of hydrogen-bond acceptors (Lipinski definition) is 2. The Bertz CT molecular complexity index is 861. The predicted octanol–water partition coefficient (Wildman–Crippen LogP) is 4.82. The fourth-order valence-corrected chi connectivity index (χ4v) is 3.73. The number of nitrogens with zero attached hydrogens (tertiary/aromatic N) is 1. The number of likely N-dealkylation sites (tertiary alicyclic amines) is 1. The molecule has 0 spiro atoms. The number of carbonyl (C=O) groups excluding carboxylic acids is 2. The summed E-state index contributed by atoms with van der Waals surface area (Å²) in [5.74, 6) is -0.212. The molecule has 0 aliphatic carbocycles. The number of amides is 3. The molecule has 0 bridgehead atoms. The van der Waals surface area contributed by atoms with E-state index in [1.807, 2.05) is 18.2 Å². The normalized spacial score (nSPS) is 16.3. The van der Waals surface area contributed by atoms with Crippen LogP contribution in [0.3, 0.4) is 0 Å². The van der Waals surface area contributed by atoms with Crippen LogP contribution in [-0.4, -0.2) is 29.9 Å². The highest BCUT2D eigenvalue weighted by Gasteiger charge is 2.24. The summed E-state index contributed by atoms with van der Waals surface area (Å²) < 4.78 is 13.7. The molecule has 0 aromatic heterocycles. The van der Waals surface area contributed by atoms with E-state index >= 15 is 0 Å². The smallest absolute Gasteiger partial charge is 0.321 e. The molecule has 1 aliphatic heterocycles. The van der Waals surface area contributed by atoms with E-state index in [4.69, 9.17) is 11.6 Å². The summed E-state index contributed by atoms with van der Waals surface area (Å²) in [4.78, 5) is 26.3. The third kappa shape index (κ3) is 6.46. The Hall–Kier alpha value is -2.60. The molecule has 1 fully saturated rings. The second-order valence-electron chi connectivity index (χ2n) is 7.31. The number of carbonyl (C=O) groups is 2. The maximum Gasteiger partial charge on any atom is 0.321 e. The standard InChI is InChI=1S/C22H25ClFN3O2/c23-18-7-3-5-17(13-18)14-25-21(28)11-10-16-6-4-12-27(15-16)22(29)26-20-9-2-1-8-19(20)24/h1-3,5,7-9,13,16H,4,6,10-12,14-15H2,(H,25,28)(H,26,29)/t16-/m0/s1. The molecular weight excluding hydrogens is 393 g/mol. The van der Waals surface area contributed by atoms with Gasteiger partial charge < -0.3 is 15.5 Å². The van der Waals surface area contributed by atoms with Crippen LogP contribution < -0.4 is 10.6 Å². The highest BCUT2D eigenvalue weighted by Crippen LogP contribution is 2.22. The summed E-state index contributed by atoms with van der Waals surface area (Å²) in [6.07, 6.45) is 2.98. The number of piperidine rings is 1. The minimum Gasteiger partial charge on any atom is -0.352 e. The first kappa shape index (κ1) is 21.1. The molecule has 0 saturated carbocycles. The molecule has 1 saturated heterocycles. The Morgan fingerprint density at radius 3 is 2.79 bits per heavy atom. The van der Waals surface area contributed by atoms with Crippen LogP contribution in [0.1, 0.15) is 31.2 Å². The molecule has 2 aromatic rings. The Morgan fingerprint density at radius 1 is 1.17 bits per heavy atom. The Kier molecular flexibility index (Phi) is 7.47. The third-order valence-corrected chi connectivity index (χ3v) is 5.32. The molecule has 1 aliphatic rings. The van der Waals surface area contributed by atoms with Crippen LogP contribution in [0.2, 0.25) is 5.02 Å². The van der Waals surface area contributed by atoms with Gasteiger partial charge in [0.15, 0.2) is 0 Å². The predicted molar refractivity (Wildman–Crippen MR) is 112 cm³/mol. The summed E-state index contributed by atoms with van der Waals surface area (Å²) in [5, 5.41) is 6.18. The van der Waals surface area contributed by atoms with Gasteiger partial charge in [-0.1, -0.05) is 35.9 Å². The number of nitrogens with one attached hydrogen (secondary N) is 2. The van der Waals surface area contributed by atoms with E-state index in [1.165, 1.54) is 6.07 Å². The molecule has 1 heterocycles.